The van der Waals surface area contributed by atoms with Gasteiger partial charge in [-0.2, -0.15) is 4.39 Å². The zero-order valence-electron chi connectivity index (χ0n) is 9.16. The Morgan fingerprint density at radius 1 is 1.53 bits per heavy atom. The third-order valence-corrected chi connectivity index (χ3v) is 1.83. The summed E-state index contributed by atoms with van der Waals surface area (Å²) in [6.45, 7) is 5.51. The highest BCUT2D eigenvalue weighted by Gasteiger charge is 1.96. The summed E-state index contributed by atoms with van der Waals surface area (Å²) in [5.74, 6) is -0.460. The van der Waals surface area contributed by atoms with Crippen molar-refractivity contribution in [2.24, 2.45) is 0 Å². The van der Waals surface area contributed by atoms with E-state index in [2.05, 4.69) is 10.3 Å². The smallest absolute Gasteiger partial charge is 0.214 e. The van der Waals surface area contributed by atoms with E-state index in [0.29, 0.717) is 0 Å². The number of hydrogen-bond donors (Lipinski definition) is 1. The van der Waals surface area contributed by atoms with E-state index >= 15 is 0 Å². The maximum atomic E-state index is 12.7. The molecule has 15 heavy (non-hydrogen) atoms. The number of anilines is 1. The highest BCUT2D eigenvalue weighted by Crippen LogP contribution is 2.06. The lowest BCUT2D eigenvalue weighted by Gasteiger charge is -2.08. The van der Waals surface area contributed by atoms with Crippen LogP contribution >= 0.6 is 0 Å². The van der Waals surface area contributed by atoms with E-state index in [1.54, 1.807) is 6.07 Å². The van der Waals surface area contributed by atoms with Crippen LogP contribution in [0, 0.1) is 5.95 Å². The highest BCUT2D eigenvalue weighted by molar-refractivity contribution is 5.40. The van der Waals surface area contributed by atoms with Crippen molar-refractivity contribution in [1.82, 2.24) is 4.98 Å². The van der Waals surface area contributed by atoms with Crippen LogP contribution in [0.4, 0.5) is 10.1 Å². The average molecular weight is 212 g/mol. The molecule has 1 aromatic rings. The zero-order chi connectivity index (χ0) is 11.1. The first kappa shape index (κ1) is 11.9. The maximum absolute atomic E-state index is 12.7. The topological polar surface area (TPSA) is 34.1 Å². The largest absolute Gasteiger partial charge is 0.385 e. The van der Waals surface area contributed by atoms with E-state index in [9.17, 15) is 4.39 Å². The van der Waals surface area contributed by atoms with Crippen molar-refractivity contribution >= 4 is 5.69 Å². The molecule has 84 valence electrons. The summed E-state index contributed by atoms with van der Waals surface area (Å²) in [5, 5.41) is 3.10. The van der Waals surface area contributed by atoms with Crippen molar-refractivity contribution in [3.8, 4) is 0 Å². The van der Waals surface area contributed by atoms with E-state index in [4.69, 9.17) is 4.74 Å². The van der Waals surface area contributed by atoms with E-state index < -0.39 is 5.95 Å². The number of hydrogen-bond acceptors (Lipinski definition) is 3. The van der Waals surface area contributed by atoms with Crippen LogP contribution in [0.25, 0.3) is 0 Å². The molecule has 0 bridgehead atoms. The Hall–Kier alpha value is -1.16. The fraction of sp³-hybridized carbons (Fsp3) is 0.545. The number of pyridine rings is 1. The fourth-order valence-corrected chi connectivity index (χ4v) is 1.14. The number of aromatic nitrogens is 1. The number of ether oxygens (including phenoxy) is 1. The van der Waals surface area contributed by atoms with Gasteiger partial charge in [-0.1, -0.05) is 0 Å². The lowest BCUT2D eigenvalue weighted by atomic mass is 10.3. The third kappa shape index (κ3) is 5.32. The van der Waals surface area contributed by atoms with Crippen LogP contribution in [-0.4, -0.2) is 24.2 Å². The molecule has 0 aliphatic carbocycles. The predicted molar refractivity (Wildman–Crippen MR) is 58.4 cm³/mol. The van der Waals surface area contributed by atoms with Gasteiger partial charge in [-0.3, -0.25) is 0 Å². The summed E-state index contributed by atoms with van der Waals surface area (Å²) in [6.07, 6.45) is 2.62. The molecule has 0 aliphatic heterocycles. The summed E-state index contributed by atoms with van der Waals surface area (Å²) >= 11 is 0. The number of rotatable bonds is 6. The van der Waals surface area contributed by atoms with Crippen molar-refractivity contribution in [3.05, 3.63) is 24.3 Å². The van der Waals surface area contributed by atoms with Gasteiger partial charge in [0.1, 0.15) is 0 Å². The molecule has 3 nitrogen and oxygen atoms in total. The number of nitrogens with one attached hydrogen (secondary N) is 1. The standard InChI is InChI=1S/C11H17FN2O/c1-9(2)15-7-3-5-13-10-4-6-14-11(12)8-10/h4,6,8-9H,3,5,7H2,1-2H3,(H,13,14). The first-order chi connectivity index (χ1) is 7.18. The molecule has 1 aromatic heterocycles. The van der Waals surface area contributed by atoms with Crippen LogP contribution in [0.3, 0.4) is 0 Å². The first-order valence-corrected chi connectivity index (χ1v) is 5.15. The van der Waals surface area contributed by atoms with Crippen LogP contribution in [0.15, 0.2) is 18.3 Å². The molecule has 1 N–H and O–H groups in total. The van der Waals surface area contributed by atoms with Gasteiger partial charge in [0, 0.05) is 31.1 Å². The van der Waals surface area contributed by atoms with Gasteiger partial charge >= 0.3 is 0 Å². The minimum Gasteiger partial charge on any atom is -0.385 e. The Bertz CT molecular complexity index is 292. The molecule has 0 aromatic carbocycles. The van der Waals surface area contributed by atoms with Gasteiger partial charge in [0.15, 0.2) is 0 Å². The van der Waals surface area contributed by atoms with Crippen LogP contribution < -0.4 is 5.32 Å². The predicted octanol–water partition coefficient (Wildman–Crippen LogP) is 2.45. The van der Waals surface area contributed by atoms with Gasteiger partial charge in [-0.05, 0) is 26.3 Å². The average Bonchev–Trinajstić information content (AvgIpc) is 2.17. The van der Waals surface area contributed by atoms with Crippen LogP contribution in [0.5, 0.6) is 0 Å². The lowest BCUT2D eigenvalue weighted by Crippen LogP contribution is -2.09. The second kappa shape index (κ2) is 6.35. The molecule has 0 unspecified atom stereocenters. The molecular weight excluding hydrogens is 195 g/mol. The maximum Gasteiger partial charge on any atom is 0.214 e. The molecule has 1 rings (SSSR count). The first-order valence-electron chi connectivity index (χ1n) is 5.15. The summed E-state index contributed by atoms with van der Waals surface area (Å²) in [7, 11) is 0. The molecule has 0 atom stereocenters. The summed E-state index contributed by atoms with van der Waals surface area (Å²) in [5.41, 5.74) is 0.757. The molecule has 0 saturated heterocycles. The van der Waals surface area contributed by atoms with Crippen molar-refractivity contribution < 1.29 is 9.13 Å². The Labute approximate surface area is 89.7 Å². The third-order valence-electron chi connectivity index (χ3n) is 1.83. The van der Waals surface area contributed by atoms with Crippen molar-refractivity contribution in [2.45, 2.75) is 26.4 Å². The Morgan fingerprint density at radius 2 is 2.33 bits per heavy atom. The monoisotopic (exact) mass is 212 g/mol. The van der Waals surface area contributed by atoms with Crippen molar-refractivity contribution in [3.63, 3.8) is 0 Å². The molecular formula is C11H17FN2O. The minimum atomic E-state index is -0.460. The van der Waals surface area contributed by atoms with Gasteiger partial charge in [0.25, 0.3) is 0 Å². The SMILES string of the molecule is CC(C)OCCCNc1ccnc(F)c1. The Balaban J connectivity index is 2.15. The molecule has 0 fully saturated rings. The highest BCUT2D eigenvalue weighted by atomic mass is 19.1. The van der Waals surface area contributed by atoms with Gasteiger partial charge in [-0.15, -0.1) is 0 Å². The molecule has 0 aliphatic rings. The van der Waals surface area contributed by atoms with Crippen LogP contribution in [0.2, 0.25) is 0 Å². The fourth-order valence-electron chi connectivity index (χ4n) is 1.14. The van der Waals surface area contributed by atoms with Gasteiger partial charge in [0.2, 0.25) is 5.95 Å². The van der Waals surface area contributed by atoms with Crippen molar-refractivity contribution in [2.75, 3.05) is 18.5 Å². The van der Waals surface area contributed by atoms with E-state index in [0.717, 1.165) is 25.3 Å². The van der Waals surface area contributed by atoms with Crippen LogP contribution in [-0.2, 0) is 4.74 Å². The lowest BCUT2D eigenvalue weighted by molar-refractivity contribution is 0.0787. The summed E-state index contributed by atoms with van der Waals surface area (Å²) in [4.78, 5) is 3.48. The van der Waals surface area contributed by atoms with E-state index in [1.807, 2.05) is 13.8 Å². The summed E-state index contributed by atoms with van der Waals surface area (Å²) < 4.78 is 18.0. The second-order valence-corrected chi connectivity index (χ2v) is 3.57. The van der Waals surface area contributed by atoms with E-state index in [1.165, 1.54) is 12.3 Å². The number of halogens is 1. The van der Waals surface area contributed by atoms with E-state index in [-0.39, 0.29) is 6.10 Å². The van der Waals surface area contributed by atoms with Crippen LogP contribution in [0.1, 0.15) is 20.3 Å². The molecule has 0 spiro atoms. The van der Waals surface area contributed by atoms with Gasteiger partial charge < -0.3 is 10.1 Å². The van der Waals surface area contributed by atoms with Gasteiger partial charge in [-0.25, -0.2) is 4.98 Å². The molecule has 0 saturated carbocycles. The normalized spacial score (nSPS) is 10.7. The van der Waals surface area contributed by atoms with Crippen molar-refractivity contribution in [1.29, 1.82) is 0 Å². The molecule has 0 radical (unpaired) electrons. The molecule has 0 amide bonds. The Kier molecular flexibility index (Phi) is 5.04. The quantitative estimate of drug-likeness (QED) is 0.581. The molecule has 4 heteroatoms. The minimum absolute atomic E-state index is 0.267. The molecule has 1 heterocycles. The van der Waals surface area contributed by atoms with Gasteiger partial charge in [0.05, 0.1) is 6.10 Å². The number of nitrogens with zero attached hydrogens (tertiary/aromatic N) is 1. The zero-order valence-corrected chi connectivity index (χ0v) is 9.16. The summed E-state index contributed by atoms with van der Waals surface area (Å²) in [6, 6.07) is 3.12. The Morgan fingerprint density at radius 3 is 3.00 bits per heavy atom. The second-order valence-electron chi connectivity index (χ2n) is 3.57.